The Morgan fingerprint density at radius 2 is 1.69 bits per heavy atom. The summed E-state index contributed by atoms with van der Waals surface area (Å²) in [4.78, 5) is 27.2. The number of nitrogens with one attached hydrogen (secondary N) is 1. The summed E-state index contributed by atoms with van der Waals surface area (Å²) < 4.78 is 32.3. The van der Waals surface area contributed by atoms with Crippen LogP contribution in [0.4, 0.5) is 11.4 Å². The maximum absolute atomic E-state index is 12.8. The van der Waals surface area contributed by atoms with Crippen molar-refractivity contribution >= 4 is 33.2 Å². The summed E-state index contributed by atoms with van der Waals surface area (Å²) in [6, 6.07) is 20.6. The molecule has 9 heteroatoms. The Morgan fingerprint density at radius 3 is 2.34 bits per heavy atom. The summed E-state index contributed by atoms with van der Waals surface area (Å²) in [5, 5.41) is 2.82. The molecule has 35 heavy (non-hydrogen) atoms. The Kier molecular flexibility index (Phi) is 7.18. The third-order valence-corrected chi connectivity index (χ3v) is 7.87. The average molecular weight is 494 g/mol. The van der Waals surface area contributed by atoms with Crippen molar-refractivity contribution in [1.29, 1.82) is 0 Å². The molecule has 2 amide bonds. The van der Waals surface area contributed by atoms with E-state index in [9.17, 15) is 18.0 Å². The highest BCUT2D eigenvalue weighted by atomic mass is 32.2. The van der Waals surface area contributed by atoms with Crippen molar-refractivity contribution in [3.8, 4) is 5.75 Å². The van der Waals surface area contributed by atoms with Gasteiger partial charge >= 0.3 is 0 Å². The maximum Gasteiger partial charge on any atom is 0.265 e. The van der Waals surface area contributed by atoms with E-state index in [2.05, 4.69) is 5.32 Å². The van der Waals surface area contributed by atoms with Crippen LogP contribution in [0.25, 0.3) is 0 Å². The van der Waals surface area contributed by atoms with Crippen molar-refractivity contribution in [2.45, 2.75) is 25.3 Å². The number of benzene rings is 3. The first kappa shape index (κ1) is 24.4. The molecule has 0 saturated carbocycles. The molecular formula is C26H27N3O5S. The van der Waals surface area contributed by atoms with Crippen molar-refractivity contribution < 1.29 is 22.7 Å². The number of amides is 2. The van der Waals surface area contributed by atoms with Crippen LogP contribution in [0.5, 0.6) is 5.75 Å². The Labute approximate surface area is 205 Å². The lowest BCUT2D eigenvalue weighted by atomic mass is 10.1. The van der Waals surface area contributed by atoms with Gasteiger partial charge in [0.25, 0.3) is 11.8 Å². The normalized spacial score (nSPS) is 13.3. The van der Waals surface area contributed by atoms with Crippen LogP contribution in [0.3, 0.4) is 0 Å². The fourth-order valence-corrected chi connectivity index (χ4v) is 5.37. The van der Waals surface area contributed by atoms with E-state index in [1.54, 1.807) is 36.9 Å². The molecule has 0 fully saturated rings. The van der Waals surface area contributed by atoms with E-state index in [4.69, 9.17) is 4.74 Å². The predicted octanol–water partition coefficient (Wildman–Crippen LogP) is 3.90. The molecule has 0 saturated heterocycles. The number of hydrogen-bond donors (Lipinski definition) is 1. The molecule has 182 valence electrons. The Morgan fingerprint density at radius 1 is 1.00 bits per heavy atom. The standard InChI is InChI=1S/C26H27N3O5S/c1-3-28(4-2)35(32,33)22-13-10-20(11-14-22)26(31)27-21-12-15-24-23(16-21)29(25(30)18-34-24)17-19-8-6-5-7-9-19/h5-16H,3-4,17-18H2,1-2H3,(H,27,31). The Hall–Kier alpha value is -3.69. The van der Waals surface area contributed by atoms with Gasteiger partial charge in [-0.05, 0) is 48.0 Å². The number of rotatable bonds is 8. The predicted molar refractivity (Wildman–Crippen MR) is 134 cm³/mol. The molecule has 0 radical (unpaired) electrons. The largest absolute Gasteiger partial charge is 0.482 e. The van der Waals surface area contributed by atoms with Gasteiger partial charge in [-0.3, -0.25) is 9.59 Å². The van der Waals surface area contributed by atoms with E-state index >= 15 is 0 Å². The van der Waals surface area contributed by atoms with E-state index in [0.717, 1.165) is 5.56 Å². The second-order valence-electron chi connectivity index (χ2n) is 8.00. The summed E-state index contributed by atoms with van der Waals surface area (Å²) in [6.45, 7) is 4.63. The van der Waals surface area contributed by atoms with Crippen LogP contribution < -0.4 is 15.0 Å². The number of carbonyl (C=O) groups is 2. The third kappa shape index (κ3) is 5.21. The summed E-state index contributed by atoms with van der Waals surface area (Å²) in [5.74, 6) is -0.00581. The van der Waals surface area contributed by atoms with Crippen LogP contribution >= 0.6 is 0 Å². The molecule has 1 aliphatic heterocycles. The van der Waals surface area contributed by atoms with Crippen molar-refractivity contribution in [1.82, 2.24) is 4.31 Å². The van der Waals surface area contributed by atoms with Crippen LogP contribution in [0, 0.1) is 0 Å². The second-order valence-corrected chi connectivity index (χ2v) is 9.94. The molecule has 0 aliphatic carbocycles. The molecule has 0 bridgehead atoms. The zero-order valence-corrected chi connectivity index (χ0v) is 20.4. The van der Waals surface area contributed by atoms with E-state index in [1.807, 2.05) is 30.3 Å². The third-order valence-electron chi connectivity index (χ3n) is 5.80. The number of fused-ring (bicyclic) bond motifs is 1. The topological polar surface area (TPSA) is 96.0 Å². The van der Waals surface area contributed by atoms with Crippen molar-refractivity contribution in [2.75, 3.05) is 29.9 Å². The van der Waals surface area contributed by atoms with Crippen LogP contribution in [0.2, 0.25) is 0 Å². The number of anilines is 2. The first-order valence-electron chi connectivity index (χ1n) is 11.4. The van der Waals surface area contributed by atoms with Crippen LogP contribution in [-0.2, 0) is 21.4 Å². The Bertz CT molecular complexity index is 1320. The lowest BCUT2D eigenvalue weighted by molar-refractivity contribution is -0.121. The highest BCUT2D eigenvalue weighted by molar-refractivity contribution is 7.89. The number of hydrogen-bond acceptors (Lipinski definition) is 5. The van der Waals surface area contributed by atoms with Crippen molar-refractivity contribution in [3.05, 3.63) is 83.9 Å². The van der Waals surface area contributed by atoms with Gasteiger partial charge in [0.1, 0.15) is 5.75 Å². The molecule has 0 atom stereocenters. The monoisotopic (exact) mass is 493 g/mol. The summed E-state index contributed by atoms with van der Waals surface area (Å²) >= 11 is 0. The lowest BCUT2D eigenvalue weighted by Gasteiger charge is -2.30. The maximum atomic E-state index is 12.8. The van der Waals surface area contributed by atoms with Gasteiger partial charge in [0.2, 0.25) is 10.0 Å². The fourth-order valence-electron chi connectivity index (χ4n) is 3.91. The van der Waals surface area contributed by atoms with Gasteiger partial charge in [-0.2, -0.15) is 4.31 Å². The highest BCUT2D eigenvalue weighted by Gasteiger charge is 2.26. The van der Waals surface area contributed by atoms with Gasteiger partial charge in [0.15, 0.2) is 6.61 Å². The molecular weight excluding hydrogens is 466 g/mol. The summed E-state index contributed by atoms with van der Waals surface area (Å²) in [5.41, 5.74) is 2.35. The zero-order valence-electron chi connectivity index (χ0n) is 19.6. The van der Waals surface area contributed by atoms with E-state index in [-0.39, 0.29) is 17.4 Å². The van der Waals surface area contributed by atoms with Gasteiger partial charge in [-0.1, -0.05) is 44.2 Å². The minimum Gasteiger partial charge on any atom is -0.482 e. The average Bonchev–Trinajstić information content (AvgIpc) is 2.87. The first-order chi connectivity index (χ1) is 16.8. The van der Waals surface area contributed by atoms with E-state index in [1.165, 1.54) is 28.6 Å². The first-order valence-corrected chi connectivity index (χ1v) is 12.8. The quantitative estimate of drug-likeness (QED) is 0.514. The second kappa shape index (κ2) is 10.3. The minimum atomic E-state index is -3.60. The number of nitrogens with zero attached hydrogens (tertiary/aromatic N) is 2. The molecule has 8 nitrogen and oxygen atoms in total. The molecule has 0 spiro atoms. The smallest absolute Gasteiger partial charge is 0.265 e. The number of ether oxygens (including phenoxy) is 1. The molecule has 3 aromatic rings. The van der Waals surface area contributed by atoms with Crippen LogP contribution in [0.1, 0.15) is 29.8 Å². The molecule has 1 N–H and O–H groups in total. The van der Waals surface area contributed by atoms with Gasteiger partial charge in [-0.15, -0.1) is 0 Å². The van der Waals surface area contributed by atoms with Crippen LogP contribution in [-0.4, -0.2) is 44.2 Å². The van der Waals surface area contributed by atoms with Gasteiger partial charge in [0, 0.05) is 24.3 Å². The lowest BCUT2D eigenvalue weighted by Crippen LogP contribution is -2.38. The zero-order chi connectivity index (χ0) is 25.0. The molecule has 3 aromatic carbocycles. The SMILES string of the molecule is CCN(CC)S(=O)(=O)c1ccc(C(=O)Nc2ccc3c(c2)N(Cc2ccccc2)C(=O)CO3)cc1. The summed E-state index contributed by atoms with van der Waals surface area (Å²) in [6.07, 6.45) is 0. The van der Waals surface area contributed by atoms with Gasteiger partial charge in [0.05, 0.1) is 17.1 Å². The molecule has 1 aliphatic rings. The van der Waals surface area contributed by atoms with E-state index < -0.39 is 15.9 Å². The van der Waals surface area contributed by atoms with Crippen LogP contribution in [0.15, 0.2) is 77.7 Å². The van der Waals surface area contributed by atoms with Gasteiger partial charge in [-0.25, -0.2) is 8.42 Å². The molecule has 1 heterocycles. The molecule has 0 aromatic heterocycles. The number of sulfonamides is 1. The van der Waals surface area contributed by atoms with Crippen molar-refractivity contribution in [2.24, 2.45) is 0 Å². The van der Waals surface area contributed by atoms with Crippen molar-refractivity contribution in [3.63, 3.8) is 0 Å². The number of carbonyl (C=O) groups excluding carboxylic acids is 2. The molecule has 4 rings (SSSR count). The fraction of sp³-hybridized carbons (Fsp3) is 0.231. The van der Waals surface area contributed by atoms with Gasteiger partial charge < -0.3 is 15.0 Å². The Balaban J connectivity index is 1.53. The molecule has 0 unspecified atom stereocenters. The van der Waals surface area contributed by atoms with E-state index in [0.29, 0.717) is 42.3 Å². The highest BCUT2D eigenvalue weighted by Crippen LogP contribution is 2.35. The summed E-state index contributed by atoms with van der Waals surface area (Å²) in [7, 11) is -3.60. The minimum absolute atomic E-state index is 0.0473.